The lowest BCUT2D eigenvalue weighted by molar-refractivity contribution is 0.146. The van der Waals surface area contributed by atoms with Crippen molar-refractivity contribution < 1.29 is 14.3 Å². The predicted octanol–water partition coefficient (Wildman–Crippen LogP) is 2.70. The number of carbonyl (C=O) groups excluding carboxylic acids is 1. The maximum absolute atomic E-state index is 12.8. The quantitative estimate of drug-likeness (QED) is 0.650. The minimum atomic E-state index is -0.145. The average Bonchev–Trinajstić information content (AvgIpc) is 2.67. The number of anilines is 1. The Morgan fingerprint density at radius 2 is 1.89 bits per heavy atom. The topological polar surface area (TPSA) is 66.9 Å². The number of rotatable bonds is 10. The van der Waals surface area contributed by atoms with Gasteiger partial charge in [-0.05, 0) is 50.0 Å². The first kappa shape index (κ1) is 20.7. The molecule has 0 spiro atoms. The number of pyridine rings is 1. The smallest absolute Gasteiger partial charge is 0.322 e. The van der Waals surface area contributed by atoms with Crippen molar-refractivity contribution in [2.24, 2.45) is 0 Å². The van der Waals surface area contributed by atoms with Crippen molar-refractivity contribution in [2.75, 3.05) is 52.8 Å². The van der Waals surface area contributed by atoms with Gasteiger partial charge in [0.2, 0.25) is 0 Å². The number of urea groups is 1. The third-order valence-corrected chi connectivity index (χ3v) is 3.86. The van der Waals surface area contributed by atoms with Crippen molar-refractivity contribution in [2.45, 2.75) is 6.54 Å². The third kappa shape index (κ3) is 7.64. The van der Waals surface area contributed by atoms with Gasteiger partial charge in [-0.3, -0.25) is 4.98 Å². The first-order valence-corrected chi connectivity index (χ1v) is 8.90. The molecule has 7 nitrogen and oxygen atoms in total. The van der Waals surface area contributed by atoms with Gasteiger partial charge in [-0.1, -0.05) is 6.07 Å². The number of hydrogen-bond acceptors (Lipinski definition) is 5. The Balaban J connectivity index is 1.97. The Hall–Kier alpha value is -2.64. The second-order valence-electron chi connectivity index (χ2n) is 6.38. The highest BCUT2D eigenvalue weighted by Crippen LogP contribution is 2.16. The van der Waals surface area contributed by atoms with E-state index in [-0.39, 0.29) is 6.03 Å². The summed E-state index contributed by atoms with van der Waals surface area (Å²) in [6.45, 7) is 2.93. The van der Waals surface area contributed by atoms with Gasteiger partial charge >= 0.3 is 6.03 Å². The zero-order valence-corrected chi connectivity index (χ0v) is 16.2. The largest absolute Gasteiger partial charge is 0.491 e. The number of hydrogen-bond donors (Lipinski definition) is 1. The molecule has 7 heteroatoms. The highest BCUT2D eigenvalue weighted by atomic mass is 16.5. The van der Waals surface area contributed by atoms with Gasteiger partial charge in [0.25, 0.3) is 0 Å². The number of benzene rings is 1. The Bertz CT molecular complexity index is 677. The molecule has 0 radical (unpaired) electrons. The molecule has 146 valence electrons. The summed E-state index contributed by atoms with van der Waals surface area (Å²) in [5.74, 6) is 0.741. The van der Waals surface area contributed by atoms with Crippen LogP contribution in [-0.2, 0) is 11.3 Å². The highest BCUT2D eigenvalue weighted by molar-refractivity contribution is 5.89. The van der Waals surface area contributed by atoms with Crippen molar-refractivity contribution >= 4 is 11.7 Å². The Morgan fingerprint density at radius 3 is 2.52 bits per heavy atom. The number of ether oxygens (including phenoxy) is 2. The molecule has 0 atom stereocenters. The summed E-state index contributed by atoms with van der Waals surface area (Å²) >= 11 is 0. The Labute approximate surface area is 160 Å². The fourth-order valence-electron chi connectivity index (χ4n) is 2.37. The van der Waals surface area contributed by atoms with Crippen LogP contribution in [0.4, 0.5) is 10.5 Å². The van der Waals surface area contributed by atoms with Crippen LogP contribution in [-0.4, -0.2) is 68.3 Å². The predicted molar refractivity (Wildman–Crippen MR) is 106 cm³/mol. The lowest BCUT2D eigenvalue weighted by atomic mass is 10.2. The molecule has 0 aliphatic heterocycles. The van der Waals surface area contributed by atoms with E-state index in [0.717, 1.165) is 23.5 Å². The van der Waals surface area contributed by atoms with Gasteiger partial charge in [0.1, 0.15) is 12.4 Å². The van der Waals surface area contributed by atoms with Gasteiger partial charge < -0.3 is 24.6 Å². The molecule has 2 amide bonds. The summed E-state index contributed by atoms with van der Waals surface area (Å²) in [5, 5.41) is 2.95. The van der Waals surface area contributed by atoms with E-state index in [9.17, 15) is 4.79 Å². The van der Waals surface area contributed by atoms with Crippen molar-refractivity contribution in [1.82, 2.24) is 14.8 Å². The molecule has 1 aromatic carbocycles. The molecule has 0 aliphatic carbocycles. The van der Waals surface area contributed by atoms with Crippen LogP contribution >= 0.6 is 0 Å². The molecular weight excluding hydrogens is 344 g/mol. The lowest BCUT2D eigenvalue weighted by Crippen LogP contribution is -2.39. The number of carbonyl (C=O) groups is 1. The van der Waals surface area contributed by atoms with Gasteiger partial charge in [-0.25, -0.2) is 4.79 Å². The number of likely N-dealkylation sites (N-methyl/N-ethyl adjacent to an activating group) is 1. The summed E-state index contributed by atoms with van der Waals surface area (Å²) in [6, 6.07) is 11.0. The van der Waals surface area contributed by atoms with Gasteiger partial charge in [0.05, 0.1) is 6.61 Å². The third-order valence-electron chi connectivity index (χ3n) is 3.86. The number of nitrogens with one attached hydrogen (secondary N) is 1. The van der Waals surface area contributed by atoms with Crippen molar-refractivity contribution in [1.29, 1.82) is 0 Å². The van der Waals surface area contributed by atoms with E-state index in [2.05, 4.69) is 15.2 Å². The standard InChI is InChI=1S/C20H28N4O3/c1-23(2)11-12-24(16-17-5-4-10-21-15-17)20(25)22-18-6-8-19(9-7-18)27-14-13-26-3/h4-10,15H,11-14,16H2,1-3H3,(H,22,25). The molecular formula is C20H28N4O3. The molecule has 0 saturated heterocycles. The first-order chi connectivity index (χ1) is 13.1. The van der Waals surface area contributed by atoms with E-state index in [4.69, 9.17) is 9.47 Å². The molecule has 1 heterocycles. The number of methoxy groups -OCH3 is 1. The van der Waals surface area contributed by atoms with E-state index in [1.54, 1.807) is 24.4 Å². The SMILES string of the molecule is COCCOc1ccc(NC(=O)N(CCN(C)C)Cc2cccnc2)cc1. The summed E-state index contributed by atoms with van der Waals surface area (Å²) in [5.41, 5.74) is 1.72. The van der Waals surface area contributed by atoms with Crippen LogP contribution in [0.15, 0.2) is 48.8 Å². The Kier molecular flexibility index (Phi) is 8.54. The van der Waals surface area contributed by atoms with E-state index < -0.39 is 0 Å². The summed E-state index contributed by atoms with van der Waals surface area (Å²) in [4.78, 5) is 20.7. The monoisotopic (exact) mass is 372 g/mol. The van der Waals surface area contributed by atoms with Crippen molar-refractivity contribution in [3.63, 3.8) is 0 Å². The van der Waals surface area contributed by atoms with Crippen LogP contribution in [0.1, 0.15) is 5.56 Å². The maximum atomic E-state index is 12.8. The van der Waals surface area contributed by atoms with Gasteiger partial charge in [-0.15, -0.1) is 0 Å². The minimum absolute atomic E-state index is 0.145. The molecule has 0 saturated carbocycles. The van der Waals surface area contributed by atoms with E-state index in [0.29, 0.717) is 26.3 Å². The summed E-state index contributed by atoms with van der Waals surface area (Å²) < 4.78 is 10.5. The zero-order valence-electron chi connectivity index (χ0n) is 16.2. The normalized spacial score (nSPS) is 10.7. The second kappa shape index (κ2) is 11.2. The van der Waals surface area contributed by atoms with E-state index in [1.807, 2.05) is 50.5 Å². The molecule has 2 rings (SSSR count). The molecule has 1 aromatic heterocycles. The summed E-state index contributed by atoms with van der Waals surface area (Å²) in [6.07, 6.45) is 3.51. The van der Waals surface area contributed by atoms with Gasteiger partial charge in [0, 0.05) is 44.8 Å². The average molecular weight is 372 g/mol. The van der Waals surface area contributed by atoms with E-state index in [1.165, 1.54) is 0 Å². The molecule has 0 fully saturated rings. The molecule has 0 unspecified atom stereocenters. The number of amides is 2. The highest BCUT2D eigenvalue weighted by Gasteiger charge is 2.14. The first-order valence-electron chi connectivity index (χ1n) is 8.90. The maximum Gasteiger partial charge on any atom is 0.322 e. The van der Waals surface area contributed by atoms with Crippen LogP contribution in [0.3, 0.4) is 0 Å². The molecule has 27 heavy (non-hydrogen) atoms. The van der Waals surface area contributed by atoms with E-state index >= 15 is 0 Å². The van der Waals surface area contributed by atoms with Crippen LogP contribution in [0.2, 0.25) is 0 Å². The van der Waals surface area contributed by atoms with Crippen LogP contribution < -0.4 is 10.1 Å². The fraction of sp³-hybridized carbons (Fsp3) is 0.400. The van der Waals surface area contributed by atoms with Crippen LogP contribution in [0.25, 0.3) is 0 Å². The van der Waals surface area contributed by atoms with Crippen LogP contribution in [0, 0.1) is 0 Å². The van der Waals surface area contributed by atoms with Gasteiger partial charge in [0.15, 0.2) is 0 Å². The van der Waals surface area contributed by atoms with Crippen molar-refractivity contribution in [3.05, 3.63) is 54.4 Å². The van der Waals surface area contributed by atoms with Crippen LogP contribution in [0.5, 0.6) is 5.75 Å². The Morgan fingerprint density at radius 1 is 1.11 bits per heavy atom. The second-order valence-corrected chi connectivity index (χ2v) is 6.38. The number of aromatic nitrogens is 1. The number of nitrogens with zero attached hydrogens (tertiary/aromatic N) is 3. The fourth-order valence-corrected chi connectivity index (χ4v) is 2.37. The molecule has 2 aromatic rings. The molecule has 0 bridgehead atoms. The van der Waals surface area contributed by atoms with Crippen molar-refractivity contribution in [3.8, 4) is 5.75 Å². The summed E-state index contributed by atoms with van der Waals surface area (Å²) in [7, 11) is 5.61. The minimum Gasteiger partial charge on any atom is -0.491 e. The molecule has 0 aliphatic rings. The zero-order chi connectivity index (χ0) is 19.5. The van der Waals surface area contributed by atoms with Gasteiger partial charge in [-0.2, -0.15) is 0 Å². The molecule has 1 N–H and O–H groups in total. The lowest BCUT2D eigenvalue weighted by Gasteiger charge is -2.25.